The Labute approximate surface area is 239 Å². The molecular weight excluding hydrogens is 544 g/mol. The number of nitrogens with zero attached hydrogens (tertiary/aromatic N) is 1. The van der Waals surface area contributed by atoms with E-state index < -0.39 is 27.4 Å². The summed E-state index contributed by atoms with van der Waals surface area (Å²) in [5.41, 5.74) is 4.71. The average molecular weight is 573 g/mol. The van der Waals surface area contributed by atoms with Gasteiger partial charge in [-0.05, 0) is 70.5 Å². The van der Waals surface area contributed by atoms with Crippen molar-refractivity contribution >= 4 is 27.6 Å². The first-order valence-corrected chi connectivity index (χ1v) is 15.1. The summed E-state index contributed by atoms with van der Waals surface area (Å²) in [6.07, 6.45) is 1.13. The number of aliphatic carboxylic acids is 1. The predicted molar refractivity (Wildman–Crippen MR) is 156 cm³/mol. The normalized spacial score (nSPS) is 20.6. The number of fused-ring (bicyclic) bond motifs is 1. The fourth-order valence-electron chi connectivity index (χ4n) is 5.65. The predicted octanol–water partition coefficient (Wildman–Crippen LogP) is 5.85. The van der Waals surface area contributed by atoms with E-state index in [1.54, 1.807) is 24.3 Å². The molecular formula is C32H29ClN2O4S. The maximum atomic E-state index is 13.3. The summed E-state index contributed by atoms with van der Waals surface area (Å²) in [6, 6.07) is 30.1. The second-order valence-electron chi connectivity index (χ2n) is 10.6. The lowest BCUT2D eigenvalue weighted by Crippen LogP contribution is -2.44. The molecule has 2 unspecified atom stereocenters. The van der Waals surface area contributed by atoms with Crippen molar-refractivity contribution in [3.05, 3.63) is 124 Å². The van der Waals surface area contributed by atoms with Crippen LogP contribution >= 0.6 is 11.6 Å². The molecule has 0 bridgehead atoms. The van der Waals surface area contributed by atoms with E-state index in [0.29, 0.717) is 5.02 Å². The van der Waals surface area contributed by atoms with Crippen LogP contribution in [0.15, 0.2) is 102 Å². The molecule has 2 atom stereocenters. The molecule has 0 spiro atoms. The highest BCUT2D eigenvalue weighted by molar-refractivity contribution is 7.89. The third-order valence-corrected chi connectivity index (χ3v) is 9.75. The Morgan fingerprint density at radius 3 is 2.27 bits per heavy atom. The van der Waals surface area contributed by atoms with Crippen LogP contribution in [0, 0.1) is 0 Å². The van der Waals surface area contributed by atoms with E-state index in [4.69, 9.17) is 11.6 Å². The smallest absolute Gasteiger partial charge is 0.325 e. The number of halogens is 1. The standard InChI is InChI=1S/C32H29ClN2O4S/c33-28-12-8-23(9-13-28)24-10-14-29(15-11-24)40(38,39)34-32(31(36)37)19-30(32)26-7-6-25-16-17-35(21-27(25)18-26)20-22-4-2-1-3-5-22/h1-15,18,30,34H,16-17,19-21H2,(H,36,37). The van der Waals surface area contributed by atoms with Crippen molar-refractivity contribution in [3.63, 3.8) is 0 Å². The maximum absolute atomic E-state index is 13.3. The lowest BCUT2D eigenvalue weighted by molar-refractivity contribution is -0.140. The topological polar surface area (TPSA) is 86.7 Å². The van der Waals surface area contributed by atoms with Crippen LogP contribution in [0.4, 0.5) is 0 Å². The number of rotatable bonds is 8. The van der Waals surface area contributed by atoms with E-state index in [1.807, 2.05) is 36.4 Å². The zero-order valence-electron chi connectivity index (χ0n) is 21.8. The molecule has 40 heavy (non-hydrogen) atoms. The lowest BCUT2D eigenvalue weighted by Gasteiger charge is -2.29. The second-order valence-corrected chi connectivity index (χ2v) is 12.8. The molecule has 1 fully saturated rings. The van der Waals surface area contributed by atoms with E-state index in [9.17, 15) is 18.3 Å². The Bertz CT molecular complexity index is 1660. The van der Waals surface area contributed by atoms with Gasteiger partial charge in [0.2, 0.25) is 10.0 Å². The van der Waals surface area contributed by atoms with E-state index in [-0.39, 0.29) is 11.3 Å². The van der Waals surface area contributed by atoms with Gasteiger partial charge in [-0.2, -0.15) is 4.72 Å². The Morgan fingerprint density at radius 2 is 1.60 bits per heavy atom. The zero-order valence-corrected chi connectivity index (χ0v) is 23.3. The number of carboxylic acid groups (broad SMARTS) is 1. The molecule has 1 aliphatic heterocycles. The van der Waals surface area contributed by atoms with Crippen LogP contribution in [-0.4, -0.2) is 36.5 Å². The van der Waals surface area contributed by atoms with Gasteiger partial charge in [-0.15, -0.1) is 0 Å². The van der Waals surface area contributed by atoms with E-state index in [1.165, 1.54) is 28.8 Å². The van der Waals surface area contributed by atoms with Gasteiger partial charge >= 0.3 is 5.97 Å². The van der Waals surface area contributed by atoms with Crippen molar-refractivity contribution in [2.75, 3.05) is 6.54 Å². The van der Waals surface area contributed by atoms with Crippen LogP contribution in [0.25, 0.3) is 11.1 Å². The number of carbonyl (C=O) groups is 1. The molecule has 8 heteroatoms. The minimum absolute atomic E-state index is 0.0264. The van der Waals surface area contributed by atoms with Crippen molar-refractivity contribution in [1.82, 2.24) is 9.62 Å². The number of hydrogen-bond acceptors (Lipinski definition) is 4. The minimum atomic E-state index is -4.07. The number of sulfonamides is 1. The summed E-state index contributed by atoms with van der Waals surface area (Å²) >= 11 is 5.97. The van der Waals surface area contributed by atoms with Crippen molar-refractivity contribution in [3.8, 4) is 11.1 Å². The van der Waals surface area contributed by atoms with E-state index in [2.05, 4.69) is 33.9 Å². The molecule has 1 saturated carbocycles. The van der Waals surface area contributed by atoms with Gasteiger partial charge in [0.05, 0.1) is 4.90 Å². The number of benzene rings is 4. The van der Waals surface area contributed by atoms with Gasteiger partial charge in [-0.3, -0.25) is 9.69 Å². The molecule has 6 nitrogen and oxygen atoms in total. The quantitative estimate of drug-likeness (QED) is 0.276. The molecule has 204 valence electrons. The summed E-state index contributed by atoms with van der Waals surface area (Å²) in [5, 5.41) is 10.8. The Kier molecular flexibility index (Phi) is 7.00. The zero-order chi connectivity index (χ0) is 27.9. The first-order valence-electron chi connectivity index (χ1n) is 13.2. The van der Waals surface area contributed by atoms with Crippen LogP contribution in [0.1, 0.15) is 34.6 Å². The van der Waals surface area contributed by atoms with Gasteiger partial charge in [0.15, 0.2) is 0 Å². The molecule has 0 aromatic heterocycles. The Balaban J connectivity index is 1.19. The van der Waals surface area contributed by atoms with E-state index >= 15 is 0 Å². The van der Waals surface area contributed by atoms with Crippen molar-refractivity contribution < 1.29 is 18.3 Å². The first-order chi connectivity index (χ1) is 19.2. The van der Waals surface area contributed by atoms with Gasteiger partial charge in [-0.25, -0.2) is 8.42 Å². The molecule has 1 aliphatic carbocycles. The van der Waals surface area contributed by atoms with Gasteiger partial charge < -0.3 is 5.11 Å². The molecule has 0 saturated heterocycles. The molecule has 1 heterocycles. The first kappa shape index (κ1) is 26.7. The van der Waals surface area contributed by atoms with Crippen molar-refractivity contribution in [2.24, 2.45) is 0 Å². The summed E-state index contributed by atoms with van der Waals surface area (Å²) in [7, 11) is -4.07. The molecule has 6 rings (SSSR count). The lowest BCUT2D eigenvalue weighted by atomic mass is 9.94. The monoisotopic (exact) mass is 572 g/mol. The van der Waals surface area contributed by atoms with Crippen LogP contribution in [-0.2, 0) is 34.3 Å². The Morgan fingerprint density at radius 1 is 0.925 bits per heavy atom. The maximum Gasteiger partial charge on any atom is 0.325 e. The number of nitrogens with one attached hydrogen (secondary N) is 1. The van der Waals surface area contributed by atoms with Crippen LogP contribution in [0.5, 0.6) is 0 Å². The highest BCUT2D eigenvalue weighted by Crippen LogP contribution is 2.53. The third kappa shape index (κ3) is 5.30. The fourth-order valence-corrected chi connectivity index (χ4v) is 7.19. The molecule has 4 aromatic rings. The van der Waals surface area contributed by atoms with Gasteiger partial charge in [0.1, 0.15) is 5.54 Å². The van der Waals surface area contributed by atoms with Crippen molar-refractivity contribution in [1.29, 1.82) is 0 Å². The Hall–Kier alpha value is -3.49. The summed E-state index contributed by atoms with van der Waals surface area (Å²) in [5.74, 6) is -1.61. The third-order valence-electron chi connectivity index (χ3n) is 7.97. The SMILES string of the molecule is O=C(O)C1(NS(=O)(=O)c2ccc(-c3ccc(Cl)cc3)cc2)CC1c1ccc2c(c1)CN(Cc1ccccc1)CC2. The molecule has 0 amide bonds. The summed E-state index contributed by atoms with van der Waals surface area (Å²) < 4.78 is 29.2. The largest absolute Gasteiger partial charge is 0.480 e. The summed E-state index contributed by atoms with van der Waals surface area (Å²) in [4.78, 5) is 14.9. The molecule has 2 aliphatic rings. The number of hydrogen-bond donors (Lipinski definition) is 2. The average Bonchev–Trinajstić information content (AvgIpc) is 3.68. The van der Waals surface area contributed by atoms with Gasteiger partial charge in [-0.1, -0.05) is 84.4 Å². The van der Waals surface area contributed by atoms with Gasteiger partial charge in [0.25, 0.3) is 0 Å². The molecule has 0 radical (unpaired) electrons. The second kappa shape index (κ2) is 10.5. The molecule has 2 N–H and O–H groups in total. The number of carboxylic acids is 1. The summed E-state index contributed by atoms with van der Waals surface area (Å²) in [6.45, 7) is 2.58. The van der Waals surface area contributed by atoms with Crippen LogP contribution in [0.2, 0.25) is 5.02 Å². The van der Waals surface area contributed by atoms with Crippen molar-refractivity contribution in [2.45, 2.75) is 42.3 Å². The highest BCUT2D eigenvalue weighted by atomic mass is 35.5. The van der Waals surface area contributed by atoms with Crippen LogP contribution in [0.3, 0.4) is 0 Å². The molecule has 4 aromatic carbocycles. The highest BCUT2D eigenvalue weighted by Gasteiger charge is 2.63. The van der Waals surface area contributed by atoms with Crippen LogP contribution < -0.4 is 4.72 Å². The minimum Gasteiger partial charge on any atom is -0.480 e. The fraction of sp³-hybridized carbons (Fsp3) is 0.219. The van der Waals surface area contributed by atoms with E-state index in [0.717, 1.165) is 42.7 Å². The van der Waals surface area contributed by atoms with Gasteiger partial charge in [0, 0.05) is 30.6 Å².